The van der Waals surface area contributed by atoms with E-state index in [9.17, 15) is 57.8 Å². The normalized spacial score (nSPS) is 10.6. The van der Waals surface area contributed by atoms with Crippen LogP contribution in [0.15, 0.2) is 146 Å². The Morgan fingerprint density at radius 3 is 1.17 bits per heavy atom. The van der Waals surface area contributed by atoms with E-state index in [1.54, 1.807) is 27.7 Å². The van der Waals surface area contributed by atoms with Gasteiger partial charge in [0.2, 0.25) is 17.7 Å². The number of nitrogens with two attached hydrogens (primary N) is 4. The summed E-state index contributed by atoms with van der Waals surface area (Å²) in [5, 5.41) is 18.4. The number of carboxylic acid groups (broad SMARTS) is 1. The summed E-state index contributed by atoms with van der Waals surface area (Å²) in [6.45, 7) is 33.3. The third-order valence-electron chi connectivity index (χ3n) is 22.6. The number of nitrogens with one attached hydrogen (secondary N) is 1. The van der Waals surface area contributed by atoms with Crippen molar-refractivity contribution in [3.05, 3.63) is 265 Å². The number of carbonyl (C=O) groups excluding carboxylic acids is 10. The molecule has 0 unspecified atom stereocenters. The second-order valence-corrected chi connectivity index (χ2v) is 37.1. The number of nitrogens with zero attached hydrogens (tertiary/aromatic N) is 4. The van der Waals surface area contributed by atoms with Gasteiger partial charge in [0.15, 0.2) is 12.1 Å². The molecule has 7 aromatic heterocycles. The van der Waals surface area contributed by atoms with Crippen LogP contribution in [0.2, 0.25) is 0 Å². The van der Waals surface area contributed by atoms with E-state index in [-0.39, 0.29) is 40.3 Å². The Labute approximate surface area is 827 Å². The Morgan fingerprint density at radius 1 is 0.431 bits per heavy atom. The molecule has 0 saturated carbocycles. The number of fused-ring (bicyclic) bond motifs is 7. The lowest BCUT2D eigenvalue weighted by Gasteiger charge is -2.17. The summed E-state index contributed by atoms with van der Waals surface area (Å²) in [4.78, 5) is 139. The number of hydrogen-bond acceptors (Lipinski definition) is 26. The molecule has 0 aliphatic carbocycles. The molecule has 0 aliphatic heterocycles. The Kier molecular flexibility index (Phi) is 38.0. The molecule has 9 aromatic carbocycles. The number of aldehydes is 1. The molecule has 33 heteroatoms. The van der Waals surface area contributed by atoms with E-state index in [4.69, 9.17) is 51.9 Å². The number of carboxylic acids is 1. The van der Waals surface area contributed by atoms with Gasteiger partial charge in [-0.05, 0) is 226 Å². The number of aryl methyl sites for hydroxylation is 8. The van der Waals surface area contributed by atoms with Crippen molar-refractivity contribution in [2.24, 2.45) is 31.3 Å². The molecule has 3 amide bonds. The molecule has 0 aliphatic rings. The van der Waals surface area contributed by atoms with Gasteiger partial charge < -0.3 is 66.2 Å². The summed E-state index contributed by atoms with van der Waals surface area (Å²) < 4.78 is 33.7. The molecule has 0 saturated heterocycles. The number of rotatable bonds is 20. The van der Waals surface area contributed by atoms with E-state index in [1.807, 2.05) is 266 Å². The summed E-state index contributed by atoms with van der Waals surface area (Å²) in [6, 6.07) is 46.5. The lowest BCUT2D eigenvalue weighted by molar-refractivity contribution is -0.139. The third kappa shape index (κ3) is 23.5. The van der Waals surface area contributed by atoms with Gasteiger partial charge in [-0.2, -0.15) is 12.6 Å². The van der Waals surface area contributed by atoms with E-state index in [0.717, 1.165) is 150 Å². The number of Topliss-reactive ketones (excluding diaryl/α,β-unsaturated/α-hetero) is 1. The molecular formula is C104H110BrN9O17S6. The Hall–Kier alpha value is -13.3. The van der Waals surface area contributed by atoms with Crippen LogP contribution < -0.4 is 28.3 Å². The van der Waals surface area contributed by atoms with Crippen LogP contribution in [-0.4, -0.2) is 136 Å². The largest absolute Gasteiger partial charge is 0.477 e. The van der Waals surface area contributed by atoms with E-state index < -0.39 is 29.7 Å². The maximum atomic E-state index is 12.8. The highest BCUT2D eigenvalue weighted by atomic mass is 79.9. The molecule has 716 valence electrons. The first-order valence-electron chi connectivity index (χ1n) is 43.4. The van der Waals surface area contributed by atoms with Crippen molar-refractivity contribution in [1.82, 2.24) is 19.1 Å². The number of ketones is 1. The van der Waals surface area contributed by atoms with Crippen molar-refractivity contribution in [3.63, 3.8) is 0 Å². The molecule has 10 N–H and O–H groups in total. The lowest BCUT2D eigenvalue weighted by Crippen LogP contribution is -2.17. The van der Waals surface area contributed by atoms with Crippen LogP contribution in [0.25, 0.3) is 95.3 Å². The van der Waals surface area contributed by atoms with Crippen molar-refractivity contribution in [3.8, 4) is 22.8 Å². The van der Waals surface area contributed by atoms with Crippen LogP contribution in [0.1, 0.15) is 208 Å². The standard InChI is InChI=1S/C23H23N3O3S.C21H19N3O3S.C12H11BrO2S.C12H10O3S.C12H12O2S.C11H17N3O.C9H10O.C4H8O2S/c1-6-29-23(28)20-17(14-9-7-8-10-15(14)30-20)22-25-18-13(4)16(21(24)27)11(2)12(3)19(18)26(22)5;1-9-10(2)17-16(11(3)14(9)19(22)25)23-20(24(17)4)15-12-7-5-6-8-13(12)28-18(15)21(26)27;2*1-2-15-12(14)11-9(7-13)8-5-3-4-6-10(8)16-11;1-3-14-12(13)11-8(2)9-6-4-5-7-10(9)15-11;1-5-6(2)10(14-4)9(12)7(3)8(5)11(13)15;1-7-5-3-4-6-9(7)8(2)10;1-2-6-4(5)3-7/h7-10H,6H2,1-5H3,(H2,24,27);5-8H,1-4H3,(H2,22,25)(H,26,27);3-6H,2,7H2,1H3;3-7H,2H2,1H3;4-7H,3H2,1-2H3;14H,12H2,1-4H3,(H2,13,15);3-6H,1-2H3;7H,2-3H2,1H3. The zero-order valence-corrected chi connectivity index (χ0v) is 86.4. The van der Waals surface area contributed by atoms with Crippen molar-refractivity contribution in [1.29, 1.82) is 0 Å². The number of nitrogen functional groups attached to an aromatic ring is 1. The number of alkyl halides is 1. The molecule has 16 aromatic rings. The van der Waals surface area contributed by atoms with Gasteiger partial charge in [0.1, 0.15) is 36.0 Å². The number of benzene rings is 9. The zero-order chi connectivity index (χ0) is 101. The van der Waals surface area contributed by atoms with E-state index in [0.29, 0.717) is 116 Å². The van der Waals surface area contributed by atoms with E-state index in [1.165, 1.54) is 56.7 Å². The Balaban J connectivity index is 0.000000182. The highest BCUT2D eigenvalue weighted by molar-refractivity contribution is 9.08. The summed E-state index contributed by atoms with van der Waals surface area (Å²) >= 11 is 14.0. The maximum Gasteiger partial charge on any atom is 0.349 e. The quantitative estimate of drug-likeness (QED) is 0.00708. The smallest absolute Gasteiger partial charge is 0.349 e. The SMILES string of the molecule is CC(=O)c1ccccc1C.CCOC(=O)CS.CCOC(=O)c1sc2ccccc2c1-c1nc2c(C)c(C(N)=O)c(C)c(C)c2n1C.CCOC(=O)c1sc2ccccc2c1C.CCOC(=O)c1sc2ccccc2c1C=O.CCOC(=O)c1sc2ccccc2c1CBr.CNc1c(C)c(C)c(C(N)=O)c(C)c1N.Cc1c(C(N)=O)c(C)c2nc(-c3c(C(=O)O)sc4ccccc34)n(C)c2c1C. The maximum absolute atomic E-state index is 12.8. The number of amides is 3. The van der Waals surface area contributed by atoms with Gasteiger partial charge in [0.25, 0.3) is 0 Å². The predicted octanol–water partition coefficient (Wildman–Crippen LogP) is 23.1. The van der Waals surface area contributed by atoms with Gasteiger partial charge in [0, 0.05) is 93.9 Å². The highest BCUT2D eigenvalue weighted by Gasteiger charge is 2.31. The van der Waals surface area contributed by atoms with Crippen molar-refractivity contribution in [2.45, 2.75) is 123 Å². The topological polar surface area (TPSA) is 406 Å². The molecule has 16 rings (SSSR count). The van der Waals surface area contributed by atoms with Gasteiger partial charge in [-0.3, -0.25) is 28.8 Å². The van der Waals surface area contributed by atoms with Crippen LogP contribution in [0.3, 0.4) is 0 Å². The van der Waals surface area contributed by atoms with Gasteiger partial charge in [0.05, 0.1) is 83.4 Å². The molecule has 0 atom stereocenters. The number of esters is 5. The van der Waals surface area contributed by atoms with E-state index in [2.05, 4.69) is 38.6 Å². The molecule has 7 heterocycles. The molecule has 0 bridgehead atoms. The lowest BCUT2D eigenvalue weighted by atomic mass is 9.94. The minimum absolute atomic E-state index is 0.137. The third-order valence-corrected chi connectivity index (χ3v) is 29.4. The summed E-state index contributed by atoms with van der Waals surface area (Å²) in [5.74, 6) is -2.29. The number of aromatic carboxylic acids is 1. The number of hydrogen-bond donors (Lipinski definition) is 7. The Bertz CT molecular complexity index is 7300. The molecular weight excluding hydrogens is 1920 g/mol. The summed E-state index contributed by atoms with van der Waals surface area (Å²) in [7, 11) is 5.61. The molecule has 137 heavy (non-hydrogen) atoms. The second-order valence-electron chi connectivity index (χ2n) is 30.9. The Morgan fingerprint density at radius 2 is 0.774 bits per heavy atom. The number of thiol groups is 1. The van der Waals surface area contributed by atoms with Gasteiger partial charge in [-0.1, -0.05) is 131 Å². The van der Waals surface area contributed by atoms with E-state index >= 15 is 0 Å². The average molecular weight is 2030 g/mol. The number of imidazole rings is 2. The number of thiophene rings is 5. The number of carbonyl (C=O) groups is 11. The number of halogens is 1. The predicted molar refractivity (Wildman–Crippen MR) is 562 cm³/mol. The van der Waals surface area contributed by atoms with Gasteiger partial charge in [-0.15, -0.1) is 56.7 Å². The fourth-order valence-corrected chi connectivity index (χ4v) is 22.1. The van der Waals surface area contributed by atoms with Crippen LogP contribution in [0.5, 0.6) is 0 Å². The molecule has 26 nitrogen and oxygen atoms in total. The number of ether oxygens (including phenoxy) is 5. The minimum atomic E-state index is -0.981. The monoisotopic (exact) mass is 2030 g/mol. The van der Waals surface area contributed by atoms with Crippen molar-refractivity contribution in [2.75, 3.05) is 56.9 Å². The van der Waals surface area contributed by atoms with Gasteiger partial charge in [-0.25, -0.2) is 33.9 Å². The first kappa shape index (κ1) is 107. The summed E-state index contributed by atoms with van der Waals surface area (Å²) in [5.41, 5.74) is 42.0. The summed E-state index contributed by atoms with van der Waals surface area (Å²) in [6.07, 6.45) is 0.713. The zero-order valence-electron chi connectivity index (χ0n) is 79.8. The first-order chi connectivity index (χ1) is 65.2. The number of anilines is 2. The first-order valence-corrected chi connectivity index (χ1v) is 49.3. The molecule has 0 radical (unpaired) electrons. The average Bonchev–Trinajstić information content (AvgIpc) is 1.58. The van der Waals surface area contributed by atoms with Gasteiger partial charge >= 0.3 is 35.8 Å². The van der Waals surface area contributed by atoms with Crippen molar-refractivity contribution >= 4 is 235 Å². The fraction of sp³-hybridized carbons (Fsp3) is 0.260. The highest BCUT2D eigenvalue weighted by Crippen LogP contribution is 2.45. The van der Waals surface area contributed by atoms with Crippen LogP contribution in [0.4, 0.5) is 11.4 Å². The molecule has 0 spiro atoms. The fourth-order valence-electron chi connectivity index (χ4n) is 15.9. The molecule has 0 fully saturated rings. The van der Waals surface area contributed by atoms with Crippen molar-refractivity contribution < 1.29 is 81.5 Å². The number of aromatic nitrogens is 4. The second kappa shape index (κ2) is 48.4. The van der Waals surface area contributed by atoms with Crippen LogP contribution >= 0.6 is 85.2 Å². The van der Waals surface area contributed by atoms with Crippen LogP contribution in [-0.2, 0) is 47.9 Å². The number of primary amides is 3. The van der Waals surface area contributed by atoms with Crippen LogP contribution in [0, 0.1) is 76.2 Å². The minimum Gasteiger partial charge on any atom is -0.477 e.